The number of alkyl halides is 5. The average molecular weight is 260 g/mol. The maximum Gasteiger partial charge on any atom is 0.464 e. The largest absolute Gasteiger partial charge is 0.464 e. The molecule has 2 N–H and O–H groups in total. The van der Waals surface area contributed by atoms with Crippen molar-refractivity contribution in [3.63, 3.8) is 0 Å². The minimum Gasteiger partial charge on any atom is -0.330 e. The van der Waals surface area contributed by atoms with Gasteiger partial charge in [0.2, 0.25) is 0 Å². The van der Waals surface area contributed by atoms with Gasteiger partial charge in [-0.25, -0.2) is 0 Å². The zero-order valence-corrected chi connectivity index (χ0v) is 8.75. The second-order valence-electron chi connectivity index (χ2n) is 2.36. The molecule has 88 valence electrons. The second-order valence-corrected chi connectivity index (χ2v) is 3.57. The number of halogens is 6. The Bertz CT molecular complexity index is 152. The van der Waals surface area contributed by atoms with Gasteiger partial charge in [-0.2, -0.15) is 22.0 Å². The molecule has 0 spiro atoms. The summed E-state index contributed by atoms with van der Waals surface area (Å²) in [6.45, 7) is 0.304. The molecule has 8 heteroatoms. The van der Waals surface area contributed by atoms with Crippen LogP contribution in [-0.2, 0) is 0 Å². The number of hydrogen-bond donors (Lipinski definition) is 1. The van der Waals surface area contributed by atoms with Crippen LogP contribution in [0.5, 0.6) is 0 Å². The molecule has 0 bridgehead atoms. The molecule has 0 unspecified atom stereocenters. The quantitative estimate of drug-likeness (QED) is 0.607. The normalized spacial score (nSPS) is 12.4. The van der Waals surface area contributed by atoms with Gasteiger partial charge in [0.15, 0.2) is 0 Å². The van der Waals surface area contributed by atoms with Crippen LogP contribution in [0.3, 0.4) is 0 Å². The van der Waals surface area contributed by atoms with Crippen molar-refractivity contribution in [1.29, 1.82) is 0 Å². The van der Waals surface area contributed by atoms with Crippen molar-refractivity contribution in [2.45, 2.75) is 24.3 Å². The van der Waals surface area contributed by atoms with Gasteiger partial charge in [-0.1, -0.05) is 11.8 Å². The molecule has 0 saturated carbocycles. The average Bonchev–Trinajstić information content (AvgIpc) is 1.96. The summed E-state index contributed by atoms with van der Waals surface area (Å²) in [7, 11) is 0. The van der Waals surface area contributed by atoms with Crippen LogP contribution in [0.15, 0.2) is 0 Å². The maximum absolute atomic E-state index is 12.2. The van der Waals surface area contributed by atoms with Crippen molar-refractivity contribution < 1.29 is 22.0 Å². The molecule has 0 atom stereocenters. The van der Waals surface area contributed by atoms with Crippen LogP contribution in [0.4, 0.5) is 22.0 Å². The molecule has 0 aromatic heterocycles. The fourth-order valence-corrected chi connectivity index (χ4v) is 1.30. The van der Waals surface area contributed by atoms with Gasteiger partial charge in [0.05, 0.1) is 0 Å². The summed E-state index contributed by atoms with van der Waals surface area (Å²) in [5, 5.41) is -4.64. The summed E-state index contributed by atoms with van der Waals surface area (Å²) >= 11 is -0.388. The van der Waals surface area contributed by atoms with Gasteiger partial charge in [-0.3, -0.25) is 0 Å². The third-order valence-corrected chi connectivity index (χ3v) is 2.30. The van der Waals surface area contributed by atoms with E-state index in [1.807, 2.05) is 0 Å². The van der Waals surface area contributed by atoms with Crippen molar-refractivity contribution in [2.24, 2.45) is 5.73 Å². The Kier molecular flexibility index (Phi) is 7.96. The first-order valence-corrected chi connectivity index (χ1v) is 4.58. The summed E-state index contributed by atoms with van der Waals surface area (Å²) in [6, 6.07) is 0. The SMILES string of the molecule is Cl.NCCCCSC(F)(F)C(F)(F)F. The van der Waals surface area contributed by atoms with Gasteiger partial charge >= 0.3 is 11.4 Å². The van der Waals surface area contributed by atoms with E-state index in [9.17, 15) is 22.0 Å². The topological polar surface area (TPSA) is 26.0 Å². The Hall–Kier alpha value is 0.250. The fourth-order valence-electron chi connectivity index (χ4n) is 0.529. The number of rotatable bonds is 5. The van der Waals surface area contributed by atoms with Gasteiger partial charge in [0.1, 0.15) is 0 Å². The van der Waals surface area contributed by atoms with Crippen LogP contribution in [0.2, 0.25) is 0 Å². The molecule has 0 aromatic carbocycles. The van der Waals surface area contributed by atoms with Crippen molar-refractivity contribution in [1.82, 2.24) is 0 Å². The molecule has 1 nitrogen and oxygen atoms in total. The lowest BCUT2D eigenvalue weighted by Gasteiger charge is -2.18. The minimum atomic E-state index is -5.46. The molecular weight excluding hydrogens is 249 g/mol. The zero-order valence-electron chi connectivity index (χ0n) is 7.11. The zero-order chi connectivity index (χ0) is 10.5. The predicted molar refractivity (Wildman–Crippen MR) is 49.0 cm³/mol. The van der Waals surface area contributed by atoms with E-state index in [1.54, 1.807) is 0 Å². The third kappa shape index (κ3) is 5.87. The highest BCUT2D eigenvalue weighted by Gasteiger charge is 2.57. The standard InChI is InChI=1S/C6H10F5NS.ClH/c7-5(8,9)6(10,11)13-4-2-1-3-12;/h1-4,12H2;1H. The molecule has 14 heavy (non-hydrogen) atoms. The molecule has 0 heterocycles. The molecule has 0 fully saturated rings. The van der Waals surface area contributed by atoms with E-state index in [1.165, 1.54) is 0 Å². The van der Waals surface area contributed by atoms with Crippen molar-refractivity contribution in [3.05, 3.63) is 0 Å². The van der Waals surface area contributed by atoms with Gasteiger partial charge in [0.25, 0.3) is 0 Å². The first-order valence-electron chi connectivity index (χ1n) is 3.60. The lowest BCUT2D eigenvalue weighted by Crippen LogP contribution is -2.33. The number of thioether (sulfide) groups is 1. The Balaban J connectivity index is 0. The monoisotopic (exact) mass is 259 g/mol. The highest BCUT2D eigenvalue weighted by atomic mass is 35.5. The van der Waals surface area contributed by atoms with Crippen molar-refractivity contribution in [3.8, 4) is 0 Å². The molecule has 0 saturated heterocycles. The Morgan fingerprint density at radius 2 is 1.50 bits per heavy atom. The molecule has 0 rings (SSSR count). The Morgan fingerprint density at radius 1 is 1.00 bits per heavy atom. The Morgan fingerprint density at radius 3 is 1.86 bits per heavy atom. The summed E-state index contributed by atoms with van der Waals surface area (Å²) in [4.78, 5) is 0. The summed E-state index contributed by atoms with van der Waals surface area (Å²) in [5.41, 5.74) is 5.05. The fraction of sp³-hybridized carbons (Fsp3) is 1.00. The predicted octanol–water partition coefficient (Wildman–Crippen LogP) is 3.04. The highest BCUT2D eigenvalue weighted by Crippen LogP contribution is 2.44. The smallest absolute Gasteiger partial charge is 0.330 e. The second kappa shape index (κ2) is 6.68. The highest BCUT2D eigenvalue weighted by molar-refractivity contribution is 8.00. The maximum atomic E-state index is 12.2. The van der Waals surface area contributed by atoms with Gasteiger partial charge in [0, 0.05) is 0 Å². The van der Waals surface area contributed by atoms with E-state index in [0.717, 1.165) is 0 Å². The van der Waals surface area contributed by atoms with Crippen LogP contribution in [-0.4, -0.2) is 23.7 Å². The molecular formula is C6H11ClF5NS. The molecule has 0 aliphatic heterocycles. The van der Waals surface area contributed by atoms with Gasteiger partial charge in [-0.15, -0.1) is 12.4 Å². The number of hydrogen-bond acceptors (Lipinski definition) is 2. The van der Waals surface area contributed by atoms with Crippen molar-refractivity contribution >= 4 is 24.2 Å². The minimum absolute atomic E-state index is 0. The summed E-state index contributed by atoms with van der Waals surface area (Å²) in [5.74, 6) is -0.232. The van der Waals surface area contributed by atoms with Gasteiger partial charge < -0.3 is 5.73 Å². The van der Waals surface area contributed by atoms with E-state index in [-0.39, 0.29) is 36.3 Å². The van der Waals surface area contributed by atoms with E-state index in [4.69, 9.17) is 5.73 Å². The number of nitrogens with two attached hydrogens (primary N) is 1. The molecule has 0 aliphatic carbocycles. The van der Waals surface area contributed by atoms with E-state index < -0.39 is 11.4 Å². The molecule has 0 amide bonds. The lowest BCUT2D eigenvalue weighted by molar-refractivity contribution is -0.237. The summed E-state index contributed by atoms with van der Waals surface area (Å²) < 4.78 is 59.0. The first kappa shape index (κ1) is 16.7. The van der Waals surface area contributed by atoms with Crippen LogP contribution < -0.4 is 5.73 Å². The van der Waals surface area contributed by atoms with Crippen LogP contribution in [0.1, 0.15) is 12.8 Å². The molecule has 0 aromatic rings. The summed E-state index contributed by atoms with van der Waals surface area (Å²) in [6.07, 6.45) is -4.73. The van der Waals surface area contributed by atoms with Crippen LogP contribution in [0, 0.1) is 0 Å². The van der Waals surface area contributed by atoms with Crippen LogP contribution >= 0.6 is 24.2 Å². The van der Waals surface area contributed by atoms with E-state index in [2.05, 4.69) is 0 Å². The third-order valence-electron chi connectivity index (χ3n) is 1.21. The molecule has 0 radical (unpaired) electrons. The lowest BCUT2D eigenvalue weighted by atomic mass is 10.3. The van der Waals surface area contributed by atoms with E-state index in [0.29, 0.717) is 13.0 Å². The number of unbranched alkanes of at least 4 members (excludes halogenated alkanes) is 1. The van der Waals surface area contributed by atoms with Gasteiger partial charge in [-0.05, 0) is 25.1 Å². The molecule has 0 aliphatic rings. The van der Waals surface area contributed by atoms with Crippen LogP contribution in [0.25, 0.3) is 0 Å². The Labute approximate surface area is 89.0 Å². The first-order chi connectivity index (χ1) is 5.81. The van der Waals surface area contributed by atoms with E-state index >= 15 is 0 Å². The van der Waals surface area contributed by atoms with Crippen molar-refractivity contribution in [2.75, 3.05) is 12.3 Å².